The first-order valence-corrected chi connectivity index (χ1v) is 5.51. The van der Waals surface area contributed by atoms with Gasteiger partial charge in [-0.1, -0.05) is 5.16 Å². The molecule has 7 nitrogen and oxygen atoms in total. The first-order valence-electron chi connectivity index (χ1n) is 4.03. The zero-order valence-corrected chi connectivity index (χ0v) is 8.58. The van der Waals surface area contributed by atoms with Crippen LogP contribution in [-0.4, -0.2) is 23.8 Å². The minimum absolute atomic E-state index is 0.0446. The lowest BCUT2D eigenvalue weighted by molar-refractivity contribution is 0.400. The summed E-state index contributed by atoms with van der Waals surface area (Å²) < 4.78 is 30.2. The largest absolute Gasteiger partial charge is 0.360 e. The van der Waals surface area contributed by atoms with E-state index in [-0.39, 0.29) is 10.7 Å². The van der Waals surface area contributed by atoms with Crippen LogP contribution in [0.5, 0.6) is 0 Å². The number of rotatable bonds is 3. The van der Waals surface area contributed by atoms with E-state index in [0.29, 0.717) is 5.76 Å². The number of aromatic amines is 1. The fourth-order valence-corrected chi connectivity index (χ4v) is 1.89. The van der Waals surface area contributed by atoms with Crippen LogP contribution in [0.3, 0.4) is 0 Å². The van der Waals surface area contributed by atoms with Crippen molar-refractivity contribution >= 4 is 15.8 Å². The smallest absolute Gasteiger partial charge is 0.266 e. The molecule has 0 bridgehead atoms. The number of hydrogen-bond donors (Lipinski definition) is 2. The molecule has 0 spiro atoms. The lowest BCUT2D eigenvalue weighted by Gasteiger charge is -2.00. The number of sulfonamides is 1. The van der Waals surface area contributed by atoms with E-state index >= 15 is 0 Å². The van der Waals surface area contributed by atoms with Crippen LogP contribution in [0.4, 0.5) is 5.82 Å². The van der Waals surface area contributed by atoms with Crippen LogP contribution in [-0.2, 0) is 10.0 Å². The van der Waals surface area contributed by atoms with Crippen molar-refractivity contribution < 1.29 is 12.9 Å². The third-order valence-electron chi connectivity index (χ3n) is 1.65. The highest BCUT2D eigenvalue weighted by atomic mass is 32.2. The Bertz CT molecular complexity index is 543. The number of H-pyrrole nitrogens is 1. The molecule has 0 aliphatic carbocycles. The Morgan fingerprint density at radius 3 is 2.87 bits per heavy atom. The standard InChI is InChI=1S/C7H8N4O3S/c1-5-2-7(10-14-5)11-15(12,13)6-3-8-9-4-6/h2-4H,1H3,(H,8,9)(H,10,11). The predicted octanol–water partition coefficient (Wildman–Crippen LogP) is 0.507. The Morgan fingerprint density at radius 2 is 2.33 bits per heavy atom. The molecule has 80 valence electrons. The Morgan fingerprint density at radius 1 is 1.53 bits per heavy atom. The molecule has 0 unspecified atom stereocenters. The van der Waals surface area contributed by atoms with E-state index in [1.807, 2.05) is 0 Å². The zero-order chi connectivity index (χ0) is 10.9. The van der Waals surface area contributed by atoms with Gasteiger partial charge in [0.25, 0.3) is 10.0 Å². The van der Waals surface area contributed by atoms with Gasteiger partial charge in [0.2, 0.25) is 0 Å². The molecule has 0 amide bonds. The molecular formula is C7H8N4O3S. The van der Waals surface area contributed by atoms with Crippen LogP contribution in [0.2, 0.25) is 0 Å². The topological polar surface area (TPSA) is 101 Å². The van der Waals surface area contributed by atoms with E-state index in [2.05, 4.69) is 20.1 Å². The maximum absolute atomic E-state index is 11.6. The van der Waals surface area contributed by atoms with E-state index in [0.717, 1.165) is 0 Å². The molecule has 2 aromatic rings. The van der Waals surface area contributed by atoms with Crippen LogP contribution in [0.15, 0.2) is 27.9 Å². The summed E-state index contributed by atoms with van der Waals surface area (Å²) in [6.07, 6.45) is 2.48. The number of aromatic nitrogens is 3. The van der Waals surface area contributed by atoms with E-state index in [9.17, 15) is 8.42 Å². The molecule has 15 heavy (non-hydrogen) atoms. The van der Waals surface area contributed by atoms with Crippen LogP contribution >= 0.6 is 0 Å². The Balaban J connectivity index is 2.26. The maximum atomic E-state index is 11.6. The van der Waals surface area contributed by atoms with E-state index in [1.54, 1.807) is 6.92 Å². The molecule has 0 aromatic carbocycles. The summed E-state index contributed by atoms with van der Waals surface area (Å²) in [5.74, 6) is 0.675. The first kappa shape index (κ1) is 9.71. The van der Waals surface area contributed by atoms with Gasteiger partial charge in [-0.05, 0) is 6.92 Å². The molecule has 0 atom stereocenters. The molecule has 0 radical (unpaired) electrons. The highest BCUT2D eigenvalue weighted by Gasteiger charge is 2.16. The summed E-state index contributed by atoms with van der Waals surface area (Å²) in [4.78, 5) is 0.0446. The van der Waals surface area contributed by atoms with E-state index < -0.39 is 10.0 Å². The number of nitrogens with one attached hydrogen (secondary N) is 2. The van der Waals surface area contributed by atoms with Crippen LogP contribution in [0, 0.1) is 6.92 Å². The van der Waals surface area contributed by atoms with Gasteiger partial charge in [-0.3, -0.25) is 9.82 Å². The van der Waals surface area contributed by atoms with Gasteiger partial charge in [-0.2, -0.15) is 5.10 Å². The van der Waals surface area contributed by atoms with Gasteiger partial charge in [0, 0.05) is 12.3 Å². The molecule has 0 aliphatic rings. The van der Waals surface area contributed by atoms with Crippen molar-refractivity contribution in [3.05, 3.63) is 24.2 Å². The first-order chi connectivity index (χ1) is 7.08. The van der Waals surface area contributed by atoms with Gasteiger partial charge in [0.05, 0.1) is 6.20 Å². The second kappa shape index (κ2) is 3.39. The summed E-state index contributed by atoms with van der Waals surface area (Å²) >= 11 is 0. The van der Waals surface area contributed by atoms with E-state index in [1.165, 1.54) is 18.5 Å². The second-order valence-electron chi connectivity index (χ2n) is 2.86. The summed E-state index contributed by atoms with van der Waals surface area (Å²) in [6, 6.07) is 1.48. The summed E-state index contributed by atoms with van der Waals surface area (Å²) in [5, 5.41) is 9.48. The Hall–Kier alpha value is -1.83. The SMILES string of the molecule is Cc1cc(NS(=O)(=O)c2cn[nH]c2)no1. The predicted molar refractivity (Wildman–Crippen MR) is 50.6 cm³/mol. The Kier molecular flexibility index (Phi) is 2.19. The van der Waals surface area contributed by atoms with E-state index in [4.69, 9.17) is 4.52 Å². The molecular weight excluding hydrogens is 220 g/mol. The molecule has 2 rings (SSSR count). The molecule has 0 saturated carbocycles. The minimum atomic E-state index is -3.62. The molecule has 0 fully saturated rings. The van der Waals surface area contributed by atoms with Gasteiger partial charge < -0.3 is 4.52 Å². The number of hydrogen-bond acceptors (Lipinski definition) is 5. The van der Waals surface area contributed by atoms with Crippen molar-refractivity contribution in [1.82, 2.24) is 15.4 Å². The molecule has 2 N–H and O–H groups in total. The second-order valence-corrected chi connectivity index (χ2v) is 4.54. The third-order valence-corrected chi connectivity index (χ3v) is 2.97. The fraction of sp³-hybridized carbons (Fsp3) is 0.143. The molecule has 0 saturated heterocycles. The van der Waals surface area contributed by atoms with Crippen molar-refractivity contribution in [2.24, 2.45) is 0 Å². The average Bonchev–Trinajstić information content (AvgIpc) is 2.75. The monoisotopic (exact) mass is 228 g/mol. The molecule has 8 heteroatoms. The van der Waals surface area contributed by atoms with Crippen LogP contribution in [0.1, 0.15) is 5.76 Å². The van der Waals surface area contributed by atoms with Crippen LogP contribution in [0.25, 0.3) is 0 Å². The zero-order valence-electron chi connectivity index (χ0n) is 7.76. The summed E-state index contributed by atoms with van der Waals surface area (Å²) in [7, 11) is -3.62. The molecule has 2 heterocycles. The van der Waals surface area contributed by atoms with Crippen LogP contribution < -0.4 is 4.72 Å². The van der Waals surface area contributed by atoms with Gasteiger partial charge in [0.15, 0.2) is 5.82 Å². The highest BCUT2D eigenvalue weighted by molar-refractivity contribution is 7.92. The summed E-state index contributed by atoms with van der Waals surface area (Å²) in [6.45, 7) is 1.67. The highest BCUT2D eigenvalue weighted by Crippen LogP contribution is 2.13. The average molecular weight is 228 g/mol. The van der Waals surface area contributed by atoms with Crippen molar-refractivity contribution in [2.45, 2.75) is 11.8 Å². The van der Waals surface area contributed by atoms with Gasteiger partial charge >= 0.3 is 0 Å². The quantitative estimate of drug-likeness (QED) is 0.796. The normalized spacial score (nSPS) is 11.5. The number of nitrogens with zero attached hydrogens (tertiary/aromatic N) is 2. The number of anilines is 1. The van der Waals surface area contributed by atoms with Gasteiger partial charge in [-0.25, -0.2) is 8.42 Å². The third kappa shape index (κ3) is 1.99. The lowest BCUT2D eigenvalue weighted by Crippen LogP contribution is -2.12. The fourth-order valence-electron chi connectivity index (χ4n) is 0.997. The van der Waals surface area contributed by atoms with Gasteiger partial charge in [-0.15, -0.1) is 0 Å². The minimum Gasteiger partial charge on any atom is -0.360 e. The van der Waals surface area contributed by atoms with Crippen molar-refractivity contribution in [2.75, 3.05) is 4.72 Å². The molecule has 0 aliphatic heterocycles. The maximum Gasteiger partial charge on any atom is 0.266 e. The Labute approximate surface area is 85.5 Å². The van der Waals surface area contributed by atoms with Crippen molar-refractivity contribution in [3.8, 4) is 0 Å². The van der Waals surface area contributed by atoms with Crippen molar-refractivity contribution in [1.29, 1.82) is 0 Å². The number of aryl methyl sites for hydroxylation is 1. The van der Waals surface area contributed by atoms with Crippen molar-refractivity contribution in [3.63, 3.8) is 0 Å². The lowest BCUT2D eigenvalue weighted by atomic mass is 10.5. The van der Waals surface area contributed by atoms with Gasteiger partial charge in [0.1, 0.15) is 10.7 Å². The molecule has 2 aromatic heterocycles. The summed E-state index contributed by atoms with van der Waals surface area (Å²) in [5.41, 5.74) is 0.